The minimum Gasteiger partial charge on any atom is -0.508 e. The Hall–Kier alpha value is -3.39. The number of aromatic hydroxyl groups is 1. The van der Waals surface area contributed by atoms with Crippen molar-refractivity contribution in [1.29, 1.82) is 0 Å². The molecule has 8 nitrogen and oxygen atoms in total. The number of carbonyl (C=O) groups is 3. The van der Waals surface area contributed by atoms with Gasteiger partial charge in [-0.3, -0.25) is 9.59 Å². The molecule has 164 valence electrons. The number of likely N-dealkylation sites (tertiary alicyclic amines) is 1. The minimum atomic E-state index is -1.13. The maximum Gasteiger partial charge on any atom is 0.326 e. The van der Waals surface area contributed by atoms with Crippen molar-refractivity contribution in [2.45, 2.75) is 43.8 Å². The molecule has 5 N–H and O–H groups in total. The summed E-state index contributed by atoms with van der Waals surface area (Å²) in [5.41, 5.74) is 7.70. The van der Waals surface area contributed by atoms with Gasteiger partial charge in [-0.1, -0.05) is 42.5 Å². The van der Waals surface area contributed by atoms with Crippen molar-refractivity contribution in [3.63, 3.8) is 0 Å². The predicted octanol–water partition coefficient (Wildman–Crippen LogP) is 1.07. The molecular formula is C23H27N3O5. The van der Waals surface area contributed by atoms with Crippen molar-refractivity contribution in [2.75, 3.05) is 6.54 Å². The average molecular weight is 425 g/mol. The molecule has 1 aliphatic rings. The Morgan fingerprint density at radius 1 is 1.03 bits per heavy atom. The quantitative estimate of drug-likeness (QED) is 0.500. The number of nitrogens with one attached hydrogen (secondary N) is 1. The number of hydrogen-bond donors (Lipinski definition) is 4. The second-order valence-electron chi connectivity index (χ2n) is 7.76. The van der Waals surface area contributed by atoms with Crippen LogP contribution >= 0.6 is 0 Å². The summed E-state index contributed by atoms with van der Waals surface area (Å²) in [6.07, 6.45) is 1.53. The van der Waals surface area contributed by atoms with E-state index in [9.17, 15) is 24.6 Å². The number of benzene rings is 2. The van der Waals surface area contributed by atoms with Crippen LogP contribution in [-0.4, -0.2) is 57.6 Å². The molecule has 31 heavy (non-hydrogen) atoms. The molecule has 0 unspecified atom stereocenters. The van der Waals surface area contributed by atoms with Crippen LogP contribution in [0.4, 0.5) is 0 Å². The molecule has 3 rings (SSSR count). The molecule has 1 saturated heterocycles. The van der Waals surface area contributed by atoms with E-state index in [-0.39, 0.29) is 24.5 Å². The lowest BCUT2D eigenvalue weighted by Crippen LogP contribution is -2.54. The molecule has 2 aromatic carbocycles. The third kappa shape index (κ3) is 5.82. The standard InChI is InChI=1S/C23H27N3O5/c24-18(13-16-8-10-17(27)11-9-16)22(29)26-12-4-7-20(26)21(28)25-19(23(30)31)14-15-5-2-1-3-6-15/h1-3,5-6,8-11,18-20,27H,4,7,12-14,24H2,(H,25,28)(H,30,31)/t18-,19+,20+/m0/s1. The maximum absolute atomic E-state index is 12.9. The zero-order valence-corrected chi connectivity index (χ0v) is 17.1. The lowest BCUT2D eigenvalue weighted by atomic mass is 10.0. The third-order valence-electron chi connectivity index (χ3n) is 5.44. The number of amides is 2. The Balaban J connectivity index is 1.63. The average Bonchev–Trinajstić information content (AvgIpc) is 3.25. The van der Waals surface area contributed by atoms with Gasteiger partial charge in [-0.15, -0.1) is 0 Å². The van der Waals surface area contributed by atoms with E-state index in [4.69, 9.17) is 5.73 Å². The molecule has 3 atom stereocenters. The van der Waals surface area contributed by atoms with E-state index >= 15 is 0 Å². The molecule has 0 aliphatic carbocycles. The van der Waals surface area contributed by atoms with Crippen molar-refractivity contribution >= 4 is 17.8 Å². The number of aliphatic carboxylic acids is 1. The summed E-state index contributed by atoms with van der Waals surface area (Å²) in [5.74, 6) is -1.83. The first-order chi connectivity index (χ1) is 14.8. The van der Waals surface area contributed by atoms with Gasteiger partial charge in [0.1, 0.15) is 17.8 Å². The maximum atomic E-state index is 12.9. The highest BCUT2D eigenvalue weighted by atomic mass is 16.4. The molecule has 2 aromatic rings. The fourth-order valence-corrected chi connectivity index (χ4v) is 3.81. The van der Waals surface area contributed by atoms with Crippen LogP contribution in [0.5, 0.6) is 5.75 Å². The van der Waals surface area contributed by atoms with E-state index in [0.717, 1.165) is 11.1 Å². The molecule has 1 fully saturated rings. The highest BCUT2D eigenvalue weighted by molar-refractivity contribution is 5.92. The van der Waals surface area contributed by atoms with E-state index < -0.39 is 30.0 Å². The van der Waals surface area contributed by atoms with Crippen molar-refractivity contribution < 1.29 is 24.6 Å². The third-order valence-corrected chi connectivity index (χ3v) is 5.44. The van der Waals surface area contributed by atoms with Crippen LogP contribution in [0.1, 0.15) is 24.0 Å². The van der Waals surface area contributed by atoms with Gasteiger partial charge in [0, 0.05) is 13.0 Å². The molecule has 0 saturated carbocycles. The molecule has 2 amide bonds. The van der Waals surface area contributed by atoms with Crippen LogP contribution in [0.2, 0.25) is 0 Å². The first-order valence-corrected chi connectivity index (χ1v) is 10.3. The number of nitrogens with two attached hydrogens (primary N) is 1. The second-order valence-corrected chi connectivity index (χ2v) is 7.76. The summed E-state index contributed by atoms with van der Waals surface area (Å²) in [5, 5.41) is 21.5. The predicted molar refractivity (Wildman–Crippen MR) is 114 cm³/mol. The van der Waals surface area contributed by atoms with Gasteiger partial charge in [0.15, 0.2) is 0 Å². The molecular weight excluding hydrogens is 398 g/mol. The SMILES string of the molecule is N[C@@H](Cc1ccc(O)cc1)C(=O)N1CCC[C@@H]1C(=O)N[C@H](Cc1ccccc1)C(=O)O. The molecule has 1 heterocycles. The Morgan fingerprint density at radius 3 is 2.32 bits per heavy atom. The monoisotopic (exact) mass is 425 g/mol. The summed E-state index contributed by atoms with van der Waals surface area (Å²) in [6, 6.07) is 12.8. The second kappa shape index (κ2) is 10.1. The van der Waals surface area contributed by atoms with Crippen molar-refractivity contribution in [1.82, 2.24) is 10.2 Å². The number of phenolic OH excluding ortho intramolecular Hbond substituents is 1. The lowest BCUT2D eigenvalue weighted by Gasteiger charge is -2.28. The summed E-state index contributed by atoms with van der Waals surface area (Å²) in [6.45, 7) is 0.399. The Kier molecular flexibility index (Phi) is 7.25. The van der Waals surface area contributed by atoms with Crippen LogP contribution in [0, 0.1) is 0 Å². The molecule has 0 spiro atoms. The van der Waals surface area contributed by atoms with Crippen LogP contribution in [0.15, 0.2) is 54.6 Å². The number of nitrogens with zero attached hydrogens (tertiary/aromatic N) is 1. The smallest absolute Gasteiger partial charge is 0.326 e. The van der Waals surface area contributed by atoms with Gasteiger partial charge >= 0.3 is 5.97 Å². The Bertz CT molecular complexity index is 917. The van der Waals surface area contributed by atoms with Crippen LogP contribution < -0.4 is 11.1 Å². The molecule has 0 aromatic heterocycles. The molecule has 0 bridgehead atoms. The van der Waals surface area contributed by atoms with Gasteiger partial charge in [-0.2, -0.15) is 0 Å². The van der Waals surface area contributed by atoms with E-state index in [1.807, 2.05) is 18.2 Å². The number of rotatable bonds is 8. The van der Waals surface area contributed by atoms with Crippen LogP contribution in [-0.2, 0) is 27.2 Å². The Labute approximate surface area is 180 Å². The number of carbonyl (C=O) groups excluding carboxylic acids is 2. The van der Waals surface area contributed by atoms with Gasteiger partial charge < -0.3 is 26.2 Å². The van der Waals surface area contributed by atoms with Gasteiger partial charge in [0.25, 0.3) is 0 Å². The lowest BCUT2D eigenvalue weighted by molar-refractivity contribution is -0.144. The summed E-state index contributed by atoms with van der Waals surface area (Å²) in [4.78, 5) is 38.9. The zero-order chi connectivity index (χ0) is 22.4. The van der Waals surface area contributed by atoms with Gasteiger partial charge in [-0.25, -0.2) is 4.79 Å². The first kappa shape index (κ1) is 22.3. The van der Waals surface area contributed by atoms with E-state index in [1.54, 1.807) is 24.3 Å². The number of hydrogen-bond acceptors (Lipinski definition) is 5. The fourth-order valence-electron chi connectivity index (χ4n) is 3.81. The van der Waals surface area contributed by atoms with Crippen molar-refractivity contribution in [3.8, 4) is 5.75 Å². The van der Waals surface area contributed by atoms with Gasteiger partial charge in [0.2, 0.25) is 11.8 Å². The van der Waals surface area contributed by atoms with E-state index in [0.29, 0.717) is 19.4 Å². The highest BCUT2D eigenvalue weighted by Gasteiger charge is 2.37. The molecule has 1 aliphatic heterocycles. The number of phenols is 1. The zero-order valence-electron chi connectivity index (χ0n) is 17.1. The van der Waals surface area contributed by atoms with Crippen LogP contribution in [0.25, 0.3) is 0 Å². The summed E-state index contributed by atoms with van der Waals surface area (Å²) in [7, 11) is 0. The Morgan fingerprint density at radius 2 is 1.68 bits per heavy atom. The number of carboxylic acids is 1. The van der Waals surface area contributed by atoms with Gasteiger partial charge in [-0.05, 0) is 42.5 Å². The van der Waals surface area contributed by atoms with E-state index in [1.165, 1.54) is 17.0 Å². The van der Waals surface area contributed by atoms with E-state index in [2.05, 4.69) is 5.32 Å². The fraction of sp³-hybridized carbons (Fsp3) is 0.348. The van der Waals surface area contributed by atoms with Crippen molar-refractivity contribution in [2.24, 2.45) is 5.73 Å². The highest BCUT2D eigenvalue weighted by Crippen LogP contribution is 2.20. The molecule has 0 radical (unpaired) electrons. The number of carboxylic acid groups (broad SMARTS) is 1. The summed E-state index contributed by atoms with van der Waals surface area (Å²) < 4.78 is 0. The van der Waals surface area contributed by atoms with Gasteiger partial charge in [0.05, 0.1) is 6.04 Å². The van der Waals surface area contributed by atoms with Crippen LogP contribution in [0.3, 0.4) is 0 Å². The topological polar surface area (TPSA) is 133 Å². The first-order valence-electron chi connectivity index (χ1n) is 10.3. The normalized spacial score (nSPS) is 17.7. The molecule has 8 heteroatoms. The minimum absolute atomic E-state index is 0.128. The van der Waals surface area contributed by atoms with Crippen molar-refractivity contribution in [3.05, 3.63) is 65.7 Å². The largest absolute Gasteiger partial charge is 0.508 e. The summed E-state index contributed by atoms with van der Waals surface area (Å²) >= 11 is 0.